The van der Waals surface area contributed by atoms with Gasteiger partial charge in [0.25, 0.3) is 5.91 Å². The summed E-state index contributed by atoms with van der Waals surface area (Å²) >= 11 is 6.08. The Morgan fingerprint density at radius 2 is 2.00 bits per heavy atom. The number of hydrogen-bond acceptors (Lipinski definition) is 2. The molecule has 0 spiro atoms. The van der Waals surface area contributed by atoms with Crippen LogP contribution in [0.2, 0.25) is 0 Å². The third kappa shape index (κ3) is 3.87. The van der Waals surface area contributed by atoms with Gasteiger partial charge in [0.1, 0.15) is 5.75 Å². The van der Waals surface area contributed by atoms with E-state index in [0.717, 1.165) is 32.2 Å². The predicted molar refractivity (Wildman–Crippen MR) is 76.9 cm³/mol. The fourth-order valence-electron chi connectivity index (χ4n) is 2.49. The van der Waals surface area contributed by atoms with Gasteiger partial charge < -0.3 is 10.1 Å². The van der Waals surface area contributed by atoms with Gasteiger partial charge in [0.05, 0.1) is 12.7 Å². The third-order valence-corrected chi connectivity index (χ3v) is 4.12. The van der Waals surface area contributed by atoms with E-state index < -0.39 is 0 Å². The molecule has 0 saturated heterocycles. The minimum absolute atomic E-state index is 0.0644. The van der Waals surface area contributed by atoms with Gasteiger partial charge in [-0.1, -0.05) is 12.1 Å². The van der Waals surface area contributed by atoms with Gasteiger partial charge in [0.2, 0.25) is 0 Å². The first-order chi connectivity index (χ1) is 9.20. The molecule has 1 saturated carbocycles. The summed E-state index contributed by atoms with van der Waals surface area (Å²) < 4.78 is 5.19. The Hall–Kier alpha value is -1.22. The van der Waals surface area contributed by atoms with Gasteiger partial charge in [-0.05, 0) is 43.7 Å². The van der Waals surface area contributed by atoms with E-state index in [-0.39, 0.29) is 5.91 Å². The van der Waals surface area contributed by atoms with Crippen molar-refractivity contribution in [3.8, 4) is 5.75 Å². The van der Waals surface area contributed by atoms with E-state index in [4.69, 9.17) is 16.3 Å². The van der Waals surface area contributed by atoms with Gasteiger partial charge in [-0.15, -0.1) is 11.6 Å². The van der Waals surface area contributed by atoms with Crippen molar-refractivity contribution in [3.05, 3.63) is 29.8 Å². The summed E-state index contributed by atoms with van der Waals surface area (Å²) in [5.41, 5.74) is 0.594. The smallest absolute Gasteiger partial charge is 0.255 e. The summed E-state index contributed by atoms with van der Waals surface area (Å²) in [6.07, 6.45) is 4.30. The van der Waals surface area contributed by atoms with E-state index in [1.807, 2.05) is 12.1 Å². The second-order valence-electron chi connectivity index (χ2n) is 5.03. The zero-order valence-corrected chi connectivity index (χ0v) is 12.0. The molecule has 0 unspecified atom stereocenters. The molecule has 0 bridgehead atoms. The standard InChI is InChI=1S/C15H20ClNO2/c1-19-14-5-3-2-4-13(14)15(18)17-10-11-6-8-12(16)9-7-11/h2-5,11-12H,6-10H2,1H3,(H,17,18). The number of hydrogen-bond donors (Lipinski definition) is 1. The van der Waals surface area contributed by atoms with Gasteiger partial charge in [-0.25, -0.2) is 0 Å². The number of benzene rings is 1. The highest BCUT2D eigenvalue weighted by Gasteiger charge is 2.20. The Kier molecular flexibility index (Phi) is 5.08. The number of ether oxygens (including phenoxy) is 1. The molecule has 0 atom stereocenters. The fourth-order valence-corrected chi connectivity index (χ4v) is 2.74. The molecule has 1 aromatic rings. The van der Waals surface area contributed by atoms with Crippen LogP contribution in [0.15, 0.2) is 24.3 Å². The number of amides is 1. The maximum Gasteiger partial charge on any atom is 0.255 e. The molecule has 19 heavy (non-hydrogen) atoms. The Labute approximate surface area is 119 Å². The Morgan fingerprint density at radius 3 is 2.68 bits per heavy atom. The van der Waals surface area contributed by atoms with Gasteiger partial charge >= 0.3 is 0 Å². The van der Waals surface area contributed by atoms with Crippen LogP contribution in [-0.4, -0.2) is 24.9 Å². The molecule has 0 radical (unpaired) electrons. The van der Waals surface area contributed by atoms with Crippen molar-refractivity contribution >= 4 is 17.5 Å². The van der Waals surface area contributed by atoms with Crippen LogP contribution in [0.1, 0.15) is 36.0 Å². The topological polar surface area (TPSA) is 38.3 Å². The highest BCUT2D eigenvalue weighted by atomic mass is 35.5. The molecule has 1 aliphatic carbocycles. The third-order valence-electron chi connectivity index (χ3n) is 3.68. The van der Waals surface area contributed by atoms with Gasteiger partial charge in [0.15, 0.2) is 0 Å². The maximum atomic E-state index is 12.1. The van der Waals surface area contributed by atoms with Gasteiger partial charge in [-0.3, -0.25) is 4.79 Å². The molecular weight excluding hydrogens is 262 g/mol. The van der Waals surface area contributed by atoms with Crippen LogP contribution in [0.3, 0.4) is 0 Å². The van der Waals surface area contributed by atoms with Gasteiger partial charge in [-0.2, -0.15) is 0 Å². The van der Waals surface area contributed by atoms with E-state index in [0.29, 0.717) is 22.6 Å². The SMILES string of the molecule is COc1ccccc1C(=O)NCC1CCC(Cl)CC1. The van der Waals surface area contributed by atoms with E-state index in [1.165, 1.54) is 0 Å². The maximum absolute atomic E-state index is 12.1. The number of carbonyl (C=O) groups excluding carboxylic acids is 1. The molecule has 2 rings (SSSR count). The van der Waals surface area contributed by atoms with Crippen molar-refractivity contribution in [3.63, 3.8) is 0 Å². The summed E-state index contributed by atoms with van der Waals surface area (Å²) in [4.78, 5) is 12.1. The van der Waals surface area contributed by atoms with Crippen molar-refractivity contribution in [2.45, 2.75) is 31.1 Å². The first kappa shape index (κ1) is 14.2. The molecule has 3 nitrogen and oxygen atoms in total. The summed E-state index contributed by atoms with van der Waals surface area (Å²) in [6, 6.07) is 7.28. The number of halogens is 1. The Bertz CT molecular complexity index is 428. The molecule has 0 heterocycles. The monoisotopic (exact) mass is 281 g/mol. The number of rotatable bonds is 4. The summed E-state index contributed by atoms with van der Waals surface area (Å²) in [5, 5.41) is 3.32. The van der Waals surface area contributed by atoms with Crippen molar-refractivity contribution < 1.29 is 9.53 Å². The highest BCUT2D eigenvalue weighted by molar-refractivity contribution is 6.20. The number of para-hydroxylation sites is 1. The highest BCUT2D eigenvalue weighted by Crippen LogP contribution is 2.27. The van der Waals surface area contributed by atoms with E-state index >= 15 is 0 Å². The molecular formula is C15H20ClNO2. The average Bonchev–Trinajstić information content (AvgIpc) is 2.46. The minimum atomic E-state index is -0.0644. The lowest BCUT2D eigenvalue weighted by molar-refractivity contribution is 0.0940. The van der Waals surface area contributed by atoms with Gasteiger partial charge in [0, 0.05) is 11.9 Å². The first-order valence-electron chi connectivity index (χ1n) is 6.76. The van der Waals surface area contributed by atoms with Crippen LogP contribution in [0.5, 0.6) is 5.75 Å². The van der Waals surface area contributed by atoms with Crippen LogP contribution in [0.4, 0.5) is 0 Å². The van der Waals surface area contributed by atoms with Crippen LogP contribution < -0.4 is 10.1 Å². The van der Waals surface area contributed by atoms with Crippen molar-refractivity contribution in [1.82, 2.24) is 5.32 Å². The summed E-state index contributed by atoms with van der Waals surface area (Å²) in [6.45, 7) is 0.723. The molecule has 1 aromatic carbocycles. The zero-order chi connectivity index (χ0) is 13.7. The van der Waals surface area contributed by atoms with Crippen LogP contribution in [0.25, 0.3) is 0 Å². The summed E-state index contributed by atoms with van der Waals surface area (Å²) in [7, 11) is 1.58. The first-order valence-corrected chi connectivity index (χ1v) is 7.19. The van der Waals surface area contributed by atoms with Crippen molar-refractivity contribution in [1.29, 1.82) is 0 Å². The van der Waals surface area contributed by atoms with Crippen molar-refractivity contribution in [2.75, 3.05) is 13.7 Å². The second-order valence-corrected chi connectivity index (χ2v) is 5.65. The van der Waals surface area contributed by atoms with Crippen LogP contribution in [-0.2, 0) is 0 Å². The fraction of sp³-hybridized carbons (Fsp3) is 0.533. The number of methoxy groups -OCH3 is 1. The normalized spacial score (nSPS) is 22.8. The summed E-state index contributed by atoms with van der Waals surface area (Å²) in [5.74, 6) is 1.10. The largest absolute Gasteiger partial charge is 0.496 e. The lowest BCUT2D eigenvalue weighted by Crippen LogP contribution is -2.31. The lowest BCUT2D eigenvalue weighted by Gasteiger charge is -2.25. The number of nitrogens with one attached hydrogen (secondary N) is 1. The molecule has 1 N–H and O–H groups in total. The predicted octanol–water partition coefficient (Wildman–Crippen LogP) is 3.22. The minimum Gasteiger partial charge on any atom is -0.496 e. The Morgan fingerprint density at radius 1 is 1.32 bits per heavy atom. The van der Waals surface area contributed by atoms with E-state index in [2.05, 4.69) is 5.32 Å². The van der Waals surface area contributed by atoms with Crippen LogP contribution in [0, 0.1) is 5.92 Å². The lowest BCUT2D eigenvalue weighted by atomic mass is 9.89. The molecule has 1 amide bonds. The zero-order valence-electron chi connectivity index (χ0n) is 11.2. The second kappa shape index (κ2) is 6.80. The van der Waals surface area contributed by atoms with E-state index in [1.54, 1.807) is 19.2 Å². The van der Waals surface area contributed by atoms with E-state index in [9.17, 15) is 4.79 Å². The molecule has 1 fully saturated rings. The Balaban J connectivity index is 1.87. The molecule has 4 heteroatoms. The molecule has 0 aromatic heterocycles. The molecule has 104 valence electrons. The number of carbonyl (C=O) groups is 1. The van der Waals surface area contributed by atoms with Crippen LogP contribution >= 0.6 is 11.6 Å². The molecule has 1 aliphatic rings. The average molecular weight is 282 g/mol. The quantitative estimate of drug-likeness (QED) is 0.861. The molecule has 0 aliphatic heterocycles. The van der Waals surface area contributed by atoms with Crippen molar-refractivity contribution in [2.24, 2.45) is 5.92 Å². The number of alkyl halides is 1.